The molecule has 0 fully saturated rings. The quantitative estimate of drug-likeness (QED) is 0.592. The predicted octanol–water partition coefficient (Wildman–Crippen LogP) is 0.363. The number of aromatic nitrogens is 2. The van der Waals surface area contributed by atoms with Crippen molar-refractivity contribution >= 4 is 11.8 Å². The van der Waals surface area contributed by atoms with Crippen molar-refractivity contribution in [3.8, 4) is 5.88 Å². The van der Waals surface area contributed by atoms with E-state index < -0.39 is 0 Å². The Kier molecular flexibility index (Phi) is 1.61. The van der Waals surface area contributed by atoms with E-state index in [0.717, 1.165) is 5.75 Å². The lowest BCUT2D eigenvalue weighted by Gasteiger charge is -2.02. The van der Waals surface area contributed by atoms with Gasteiger partial charge in [-0.05, 0) is 6.92 Å². The lowest BCUT2D eigenvalue weighted by molar-refractivity contribution is 0.431. The molecule has 1 N–H and O–H groups in total. The SMILES string of the molecule is Cc1c(O)nc2n(c1=O)CCS2. The molecule has 0 unspecified atom stereocenters. The van der Waals surface area contributed by atoms with Gasteiger partial charge in [-0.3, -0.25) is 9.36 Å². The summed E-state index contributed by atoms with van der Waals surface area (Å²) in [5.74, 6) is 0.728. The van der Waals surface area contributed by atoms with Gasteiger partial charge in [0, 0.05) is 12.3 Å². The summed E-state index contributed by atoms with van der Waals surface area (Å²) >= 11 is 1.50. The van der Waals surface area contributed by atoms with E-state index in [4.69, 9.17) is 0 Å². The smallest absolute Gasteiger partial charge is 0.260 e. The summed E-state index contributed by atoms with van der Waals surface area (Å²) in [4.78, 5) is 15.3. The summed E-state index contributed by atoms with van der Waals surface area (Å²) in [7, 11) is 0. The molecule has 0 saturated carbocycles. The minimum absolute atomic E-state index is 0.123. The van der Waals surface area contributed by atoms with Crippen molar-refractivity contribution in [2.45, 2.75) is 18.6 Å². The Labute approximate surface area is 73.2 Å². The molecule has 0 amide bonds. The third-order valence-electron chi connectivity index (χ3n) is 1.88. The Hall–Kier alpha value is -0.970. The van der Waals surface area contributed by atoms with Crippen molar-refractivity contribution in [2.75, 3.05) is 5.75 Å². The van der Waals surface area contributed by atoms with Crippen LogP contribution in [0, 0.1) is 6.92 Å². The molecule has 0 aromatic carbocycles. The molecule has 0 bridgehead atoms. The van der Waals surface area contributed by atoms with E-state index in [9.17, 15) is 9.90 Å². The maximum absolute atomic E-state index is 11.4. The minimum Gasteiger partial charge on any atom is -0.493 e. The van der Waals surface area contributed by atoms with Gasteiger partial charge in [-0.1, -0.05) is 11.8 Å². The van der Waals surface area contributed by atoms with E-state index in [1.54, 1.807) is 11.5 Å². The van der Waals surface area contributed by atoms with Crippen LogP contribution in [-0.2, 0) is 6.54 Å². The molecule has 0 atom stereocenters. The highest BCUT2D eigenvalue weighted by Crippen LogP contribution is 2.23. The highest BCUT2D eigenvalue weighted by Gasteiger charge is 2.17. The van der Waals surface area contributed by atoms with Gasteiger partial charge < -0.3 is 5.11 Å². The molecule has 2 heterocycles. The van der Waals surface area contributed by atoms with Crippen molar-refractivity contribution in [3.63, 3.8) is 0 Å². The number of thioether (sulfide) groups is 1. The maximum Gasteiger partial charge on any atom is 0.260 e. The molecule has 4 nitrogen and oxygen atoms in total. The second kappa shape index (κ2) is 2.52. The van der Waals surface area contributed by atoms with Gasteiger partial charge in [0.2, 0.25) is 5.88 Å². The zero-order valence-electron chi connectivity index (χ0n) is 6.57. The first-order valence-electron chi connectivity index (χ1n) is 3.63. The van der Waals surface area contributed by atoms with E-state index in [-0.39, 0.29) is 11.4 Å². The molecule has 12 heavy (non-hydrogen) atoms. The number of hydrogen-bond acceptors (Lipinski definition) is 4. The zero-order valence-corrected chi connectivity index (χ0v) is 7.39. The number of aromatic hydroxyl groups is 1. The summed E-state index contributed by atoms with van der Waals surface area (Å²) in [6.07, 6.45) is 0. The van der Waals surface area contributed by atoms with E-state index in [2.05, 4.69) is 4.98 Å². The molecule has 1 aromatic rings. The van der Waals surface area contributed by atoms with Crippen molar-refractivity contribution in [2.24, 2.45) is 0 Å². The first-order chi connectivity index (χ1) is 5.70. The third kappa shape index (κ3) is 0.929. The highest BCUT2D eigenvalue weighted by atomic mass is 32.2. The molecule has 1 aromatic heterocycles. The van der Waals surface area contributed by atoms with Crippen LogP contribution in [0.25, 0.3) is 0 Å². The monoisotopic (exact) mass is 184 g/mol. The van der Waals surface area contributed by atoms with Gasteiger partial charge in [-0.25, -0.2) is 0 Å². The summed E-state index contributed by atoms with van der Waals surface area (Å²) < 4.78 is 1.60. The fraction of sp³-hybridized carbons (Fsp3) is 0.429. The topological polar surface area (TPSA) is 55.1 Å². The first kappa shape index (κ1) is 7.67. The van der Waals surface area contributed by atoms with Crippen molar-refractivity contribution < 1.29 is 5.11 Å². The van der Waals surface area contributed by atoms with Gasteiger partial charge in [-0.2, -0.15) is 4.98 Å². The Morgan fingerprint density at radius 2 is 2.42 bits per heavy atom. The normalized spacial score (nSPS) is 14.8. The first-order valence-corrected chi connectivity index (χ1v) is 4.62. The van der Waals surface area contributed by atoms with E-state index in [0.29, 0.717) is 17.3 Å². The molecule has 2 rings (SSSR count). The predicted molar refractivity (Wildman–Crippen MR) is 45.6 cm³/mol. The Morgan fingerprint density at radius 1 is 1.67 bits per heavy atom. The van der Waals surface area contributed by atoms with Crippen LogP contribution in [0.3, 0.4) is 0 Å². The summed E-state index contributed by atoms with van der Waals surface area (Å²) in [6, 6.07) is 0. The van der Waals surface area contributed by atoms with Crippen LogP contribution in [-0.4, -0.2) is 20.4 Å². The van der Waals surface area contributed by atoms with Crippen LogP contribution < -0.4 is 5.56 Å². The largest absolute Gasteiger partial charge is 0.493 e. The summed E-state index contributed by atoms with van der Waals surface area (Å²) in [6.45, 7) is 2.29. The van der Waals surface area contributed by atoms with E-state index >= 15 is 0 Å². The lowest BCUT2D eigenvalue weighted by Crippen LogP contribution is -2.22. The fourth-order valence-electron chi connectivity index (χ4n) is 1.16. The van der Waals surface area contributed by atoms with Crippen molar-refractivity contribution in [1.29, 1.82) is 0 Å². The molecular formula is C7H8N2O2S. The fourth-order valence-corrected chi connectivity index (χ4v) is 2.09. The van der Waals surface area contributed by atoms with Crippen LogP contribution >= 0.6 is 11.8 Å². The molecule has 64 valence electrons. The van der Waals surface area contributed by atoms with Gasteiger partial charge in [0.1, 0.15) is 0 Å². The Balaban J connectivity index is 2.76. The highest BCUT2D eigenvalue weighted by molar-refractivity contribution is 7.99. The van der Waals surface area contributed by atoms with Gasteiger partial charge in [0.05, 0.1) is 5.56 Å². The number of rotatable bonds is 0. The average molecular weight is 184 g/mol. The van der Waals surface area contributed by atoms with E-state index in [1.165, 1.54) is 11.8 Å². The molecule has 0 spiro atoms. The van der Waals surface area contributed by atoms with Crippen LogP contribution in [0.4, 0.5) is 0 Å². The molecule has 0 radical (unpaired) electrons. The van der Waals surface area contributed by atoms with Gasteiger partial charge in [0.15, 0.2) is 5.16 Å². The van der Waals surface area contributed by atoms with Crippen LogP contribution in [0.1, 0.15) is 5.56 Å². The van der Waals surface area contributed by atoms with Gasteiger partial charge >= 0.3 is 0 Å². The van der Waals surface area contributed by atoms with Crippen LogP contribution in [0.2, 0.25) is 0 Å². The molecule has 0 saturated heterocycles. The van der Waals surface area contributed by atoms with Crippen molar-refractivity contribution in [1.82, 2.24) is 9.55 Å². The lowest BCUT2D eigenvalue weighted by atomic mass is 10.3. The van der Waals surface area contributed by atoms with Crippen LogP contribution in [0.5, 0.6) is 5.88 Å². The third-order valence-corrected chi connectivity index (χ3v) is 2.84. The number of nitrogens with zero attached hydrogens (tertiary/aromatic N) is 2. The molecular weight excluding hydrogens is 176 g/mol. The molecule has 0 aliphatic carbocycles. The van der Waals surface area contributed by atoms with Gasteiger partial charge in [-0.15, -0.1) is 0 Å². The second-order valence-electron chi connectivity index (χ2n) is 2.65. The Morgan fingerprint density at radius 3 is 3.17 bits per heavy atom. The summed E-state index contributed by atoms with van der Waals surface area (Å²) in [5, 5.41) is 9.85. The zero-order chi connectivity index (χ0) is 8.72. The maximum atomic E-state index is 11.4. The second-order valence-corrected chi connectivity index (χ2v) is 3.71. The van der Waals surface area contributed by atoms with Crippen molar-refractivity contribution in [3.05, 3.63) is 15.9 Å². The Bertz CT molecular complexity index is 386. The summed E-state index contributed by atoms with van der Waals surface area (Å²) in [5.41, 5.74) is 0.212. The molecule has 1 aliphatic rings. The number of hydrogen-bond donors (Lipinski definition) is 1. The molecule has 1 aliphatic heterocycles. The molecule has 5 heteroatoms. The minimum atomic E-state index is -0.138. The van der Waals surface area contributed by atoms with Crippen LogP contribution in [0.15, 0.2) is 9.95 Å². The average Bonchev–Trinajstić information content (AvgIpc) is 2.48. The van der Waals surface area contributed by atoms with Gasteiger partial charge in [0.25, 0.3) is 5.56 Å². The number of fused-ring (bicyclic) bond motifs is 1. The van der Waals surface area contributed by atoms with E-state index in [1.807, 2.05) is 0 Å². The standard InChI is InChI=1S/C7H8N2O2S/c1-4-5(10)8-7-9(6(4)11)2-3-12-7/h10H,2-3H2,1H3.